The molecule has 0 bridgehead atoms. The fourth-order valence-corrected chi connectivity index (χ4v) is 1.90. The zero-order valence-corrected chi connectivity index (χ0v) is 11.2. The van der Waals surface area contributed by atoms with E-state index in [1.54, 1.807) is 0 Å². The van der Waals surface area contributed by atoms with Crippen LogP contribution in [0.4, 0.5) is 4.39 Å². The maximum absolute atomic E-state index is 12.8. The third-order valence-corrected chi connectivity index (χ3v) is 3.29. The fraction of sp³-hybridized carbons (Fsp3) is 0.571. The van der Waals surface area contributed by atoms with Crippen LogP contribution < -0.4 is 5.32 Å². The molecule has 2 atom stereocenters. The van der Waals surface area contributed by atoms with E-state index in [-0.39, 0.29) is 5.82 Å². The summed E-state index contributed by atoms with van der Waals surface area (Å²) in [5.74, 6) is -0.175. The fourth-order valence-electron chi connectivity index (χ4n) is 1.90. The van der Waals surface area contributed by atoms with Gasteiger partial charge in [-0.05, 0) is 45.1 Å². The maximum atomic E-state index is 12.8. The summed E-state index contributed by atoms with van der Waals surface area (Å²) in [6.07, 6.45) is 0. The molecule has 0 aliphatic rings. The van der Waals surface area contributed by atoms with Crippen LogP contribution in [0.2, 0.25) is 0 Å². The first-order valence-electron chi connectivity index (χ1n) is 6.22. The van der Waals surface area contributed by atoms with Crippen LogP contribution in [0.15, 0.2) is 24.3 Å². The second-order valence-corrected chi connectivity index (χ2v) is 4.63. The molecule has 0 spiro atoms. The molecular formula is C14H23FN2. The second-order valence-electron chi connectivity index (χ2n) is 4.63. The molecule has 1 N–H and O–H groups in total. The van der Waals surface area contributed by atoms with E-state index in [1.807, 2.05) is 12.1 Å². The average Bonchev–Trinajstić information content (AvgIpc) is 2.31. The van der Waals surface area contributed by atoms with E-state index in [0.29, 0.717) is 12.1 Å². The monoisotopic (exact) mass is 238 g/mol. The van der Waals surface area contributed by atoms with Gasteiger partial charge in [-0.1, -0.05) is 19.1 Å². The van der Waals surface area contributed by atoms with Crippen LogP contribution in [0.1, 0.15) is 26.3 Å². The van der Waals surface area contributed by atoms with Gasteiger partial charge in [0.05, 0.1) is 0 Å². The number of halogens is 1. The summed E-state index contributed by atoms with van der Waals surface area (Å²) in [5, 5.41) is 3.42. The summed E-state index contributed by atoms with van der Waals surface area (Å²) < 4.78 is 12.8. The zero-order chi connectivity index (χ0) is 12.8. The number of rotatable bonds is 6. The lowest BCUT2D eigenvalue weighted by molar-refractivity contribution is 0.207. The highest BCUT2D eigenvalue weighted by Gasteiger charge is 2.15. The van der Waals surface area contributed by atoms with Crippen molar-refractivity contribution in [1.82, 2.24) is 10.2 Å². The summed E-state index contributed by atoms with van der Waals surface area (Å²) in [6, 6.07) is 7.61. The molecule has 96 valence electrons. The summed E-state index contributed by atoms with van der Waals surface area (Å²) in [5.41, 5.74) is 1.14. The number of benzene rings is 1. The molecule has 17 heavy (non-hydrogen) atoms. The predicted octanol–water partition coefficient (Wildman–Crippen LogP) is 2.64. The molecule has 2 nitrogen and oxygen atoms in total. The highest BCUT2D eigenvalue weighted by atomic mass is 19.1. The molecule has 0 radical (unpaired) electrons. The molecule has 0 fully saturated rings. The van der Waals surface area contributed by atoms with Gasteiger partial charge >= 0.3 is 0 Å². The van der Waals surface area contributed by atoms with Crippen molar-refractivity contribution in [3.8, 4) is 0 Å². The van der Waals surface area contributed by atoms with Crippen LogP contribution in [0.3, 0.4) is 0 Å². The van der Waals surface area contributed by atoms with Crippen LogP contribution in [-0.2, 0) is 6.54 Å². The maximum Gasteiger partial charge on any atom is 0.123 e. The van der Waals surface area contributed by atoms with Crippen molar-refractivity contribution in [2.75, 3.05) is 13.6 Å². The molecule has 0 aromatic heterocycles. The van der Waals surface area contributed by atoms with Crippen molar-refractivity contribution in [2.24, 2.45) is 0 Å². The molecule has 1 aromatic carbocycles. The highest BCUT2D eigenvalue weighted by Crippen LogP contribution is 2.09. The number of likely N-dealkylation sites (N-methyl/N-ethyl adjacent to an activating group) is 2. The van der Waals surface area contributed by atoms with Crippen LogP contribution in [-0.4, -0.2) is 30.6 Å². The van der Waals surface area contributed by atoms with Crippen LogP contribution >= 0.6 is 0 Å². The van der Waals surface area contributed by atoms with Gasteiger partial charge in [-0.15, -0.1) is 0 Å². The largest absolute Gasteiger partial charge is 0.313 e. The standard InChI is InChI=1S/C14H23FN2/c1-5-16-11(2)12(3)17(4)10-13-6-8-14(15)9-7-13/h6-9,11-12,16H,5,10H2,1-4H3. The Hall–Kier alpha value is -0.930. The Kier molecular flexibility index (Phi) is 5.59. The first kappa shape index (κ1) is 14.1. The zero-order valence-electron chi connectivity index (χ0n) is 11.2. The molecule has 0 aliphatic carbocycles. The normalized spacial score (nSPS) is 14.9. The first-order valence-corrected chi connectivity index (χ1v) is 6.22. The Morgan fingerprint density at radius 2 is 1.82 bits per heavy atom. The number of hydrogen-bond acceptors (Lipinski definition) is 2. The van der Waals surface area contributed by atoms with Gasteiger partial charge in [0.15, 0.2) is 0 Å². The van der Waals surface area contributed by atoms with Gasteiger partial charge in [0.2, 0.25) is 0 Å². The van der Waals surface area contributed by atoms with E-state index in [0.717, 1.165) is 18.7 Å². The third kappa shape index (κ3) is 4.44. The molecule has 0 amide bonds. The van der Waals surface area contributed by atoms with Crippen molar-refractivity contribution < 1.29 is 4.39 Å². The van der Waals surface area contributed by atoms with Crippen LogP contribution in [0.5, 0.6) is 0 Å². The predicted molar refractivity (Wildman–Crippen MR) is 70.5 cm³/mol. The molecule has 3 heteroatoms. The molecule has 1 aromatic rings. The topological polar surface area (TPSA) is 15.3 Å². The highest BCUT2D eigenvalue weighted by molar-refractivity contribution is 5.15. The number of nitrogens with one attached hydrogen (secondary N) is 1. The molecule has 0 aliphatic heterocycles. The number of hydrogen-bond donors (Lipinski definition) is 1. The molecular weight excluding hydrogens is 215 g/mol. The van der Waals surface area contributed by atoms with E-state index in [2.05, 4.69) is 38.0 Å². The summed E-state index contributed by atoms with van der Waals surface area (Å²) in [7, 11) is 2.10. The van der Waals surface area contributed by atoms with Crippen molar-refractivity contribution in [3.05, 3.63) is 35.6 Å². The van der Waals surface area contributed by atoms with Gasteiger partial charge in [0.1, 0.15) is 5.82 Å². The minimum Gasteiger partial charge on any atom is -0.313 e. The van der Waals surface area contributed by atoms with Crippen LogP contribution in [0, 0.1) is 5.82 Å². The smallest absolute Gasteiger partial charge is 0.123 e. The first-order chi connectivity index (χ1) is 8.04. The van der Waals surface area contributed by atoms with E-state index < -0.39 is 0 Å². The Labute approximate surface area is 104 Å². The van der Waals surface area contributed by atoms with Crippen LogP contribution in [0.25, 0.3) is 0 Å². The Morgan fingerprint density at radius 1 is 1.24 bits per heavy atom. The van der Waals surface area contributed by atoms with Gasteiger partial charge < -0.3 is 5.32 Å². The third-order valence-electron chi connectivity index (χ3n) is 3.29. The molecule has 2 unspecified atom stereocenters. The minimum atomic E-state index is -0.175. The lowest BCUT2D eigenvalue weighted by atomic mass is 10.1. The van der Waals surface area contributed by atoms with E-state index in [4.69, 9.17) is 0 Å². The van der Waals surface area contributed by atoms with E-state index in [9.17, 15) is 4.39 Å². The Balaban J connectivity index is 2.53. The summed E-state index contributed by atoms with van der Waals surface area (Å²) in [4.78, 5) is 2.28. The molecule has 0 heterocycles. The second kappa shape index (κ2) is 6.72. The summed E-state index contributed by atoms with van der Waals surface area (Å²) >= 11 is 0. The minimum absolute atomic E-state index is 0.175. The Bertz CT molecular complexity index is 323. The molecule has 1 rings (SSSR count). The molecule has 0 saturated heterocycles. The average molecular weight is 238 g/mol. The lowest BCUT2D eigenvalue weighted by Crippen LogP contribution is -2.44. The SMILES string of the molecule is CCNC(C)C(C)N(C)Cc1ccc(F)cc1. The van der Waals surface area contributed by atoms with Crippen molar-refractivity contribution >= 4 is 0 Å². The van der Waals surface area contributed by atoms with Gasteiger partial charge in [0, 0.05) is 18.6 Å². The van der Waals surface area contributed by atoms with E-state index in [1.165, 1.54) is 12.1 Å². The van der Waals surface area contributed by atoms with E-state index >= 15 is 0 Å². The van der Waals surface area contributed by atoms with Crippen molar-refractivity contribution in [3.63, 3.8) is 0 Å². The van der Waals surface area contributed by atoms with Crippen molar-refractivity contribution in [1.29, 1.82) is 0 Å². The molecule has 0 saturated carbocycles. The Morgan fingerprint density at radius 3 is 2.35 bits per heavy atom. The van der Waals surface area contributed by atoms with Crippen molar-refractivity contribution in [2.45, 2.75) is 39.4 Å². The van der Waals surface area contributed by atoms with Gasteiger partial charge in [-0.3, -0.25) is 4.90 Å². The number of nitrogens with zero attached hydrogens (tertiary/aromatic N) is 1. The van der Waals surface area contributed by atoms with Gasteiger partial charge in [-0.25, -0.2) is 4.39 Å². The quantitative estimate of drug-likeness (QED) is 0.819. The lowest BCUT2D eigenvalue weighted by Gasteiger charge is -2.30. The van der Waals surface area contributed by atoms with Gasteiger partial charge in [-0.2, -0.15) is 0 Å². The van der Waals surface area contributed by atoms with Gasteiger partial charge in [0.25, 0.3) is 0 Å². The summed E-state index contributed by atoms with van der Waals surface area (Å²) in [6.45, 7) is 8.34.